The van der Waals surface area contributed by atoms with Crippen LogP contribution >= 0.6 is 0 Å². The molecule has 0 radical (unpaired) electrons. The van der Waals surface area contributed by atoms with Crippen LogP contribution in [-0.4, -0.2) is 33.3 Å². The van der Waals surface area contributed by atoms with Gasteiger partial charge in [0.25, 0.3) is 0 Å². The van der Waals surface area contributed by atoms with Gasteiger partial charge in [-0.25, -0.2) is 8.42 Å². The zero-order chi connectivity index (χ0) is 14.8. The molecule has 0 saturated carbocycles. The van der Waals surface area contributed by atoms with Crippen molar-refractivity contribution in [3.8, 4) is 0 Å². The predicted molar refractivity (Wildman–Crippen MR) is 82.8 cm³/mol. The predicted octanol–water partition coefficient (Wildman–Crippen LogP) is 2.04. The average molecular weight is 296 g/mol. The number of hydrogen-bond acceptors (Lipinski definition) is 4. The van der Waals surface area contributed by atoms with E-state index < -0.39 is 9.84 Å². The van der Waals surface area contributed by atoms with E-state index in [0.29, 0.717) is 29.8 Å². The van der Waals surface area contributed by atoms with E-state index in [1.54, 1.807) is 12.1 Å². The number of rotatable bonds is 5. The average Bonchev–Trinajstić information content (AvgIpc) is 2.80. The summed E-state index contributed by atoms with van der Waals surface area (Å²) in [5, 5.41) is 0. The van der Waals surface area contributed by atoms with E-state index >= 15 is 0 Å². The lowest BCUT2D eigenvalue weighted by Gasteiger charge is -2.28. The Hall–Kier alpha value is -1.07. The molecule has 1 saturated heterocycles. The molecule has 0 aromatic heterocycles. The van der Waals surface area contributed by atoms with Gasteiger partial charge in [0.2, 0.25) is 0 Å². The Kier molecular flexibility index (Phi) is 4.70. The SMILES string of the molecule is CCCS(=O)(=O)c1ccc(N2CCC(C)C2CN)cc1. The first kappa shape index (κ1) is 15.3. The summed E-state index contributed by atoms with van der Waals surface area (Å²) in [5.74, 6) is 0.793. The Morgan fingerprint density at radius 3 is 2.50 bits per heavy atom. The van der Waals surface area contributed by atoms with E-state index in [-0.39, 0.29) is 5.75 Å². The zero-order valence-corrected chi connectivity index (χ0v) is 13.1. The number of nitrogens with zero attached hydrogens (tertiary/aromatic N) is 1. The van der Waals surface area contributed by atoms with E-state index in [4.69, 9.17) is 5.73 Å². The maximum absolute atomic E-state index is 12.0. The molecule has 0 amide bonds. The van der Waals surface area contributed by atoms with Gasteiger partial charge in [0.05, 0.1) is 10.6 Å². The second-order valence-electron chi connectivity index (χ2n) is 5.58. The quantitative estimate of drug-likeness (QED) is 0.903. The van der Waals surface area contributed by atoms with Crippen LogP contribution in [0.25, 0.3) is 0 Å². The molecule has 1 aliphatic heterocycles. The van der Waals surface area contributed by atoms with Gasteiger partial charge in [-0.15, -0.1) is 0 Å². The molecule has 4 nitrogen and oxygen atoms in total. The molecule has 1 heterocycles. The molecule has 2 unspecified atom stereocenters. The van der Waals surface area contributed by atoms with Crippen LogP contribution in [-0.2, 0) is 9.84 Å². The lowest BCUT2D eigenvalue weighted by atomic mass is 10.0. The first-order valence-corrected chi connectivity index (χ1v) is 8.94. The largest absolute Gasteiger partial charge is 0.367 e. The van der Waals surface area contributed by atoms with Gasteiger partial charge in [-0.3, -0.25) is 0 Å². The highest BCUT2D eigenvalue weighted by Crippen LogP contribution is 2.29. The first-order valence-electron chi connectivity index (χ1n) is 7.29. The van der Waals surface area contributed by atoms with Crippen molar-refractivity contribution in [3.05, 3.63) is 24.3 Å². The molecule has 0 aliphatic carbocycles. The van der Waals surface area contributed by atoms with Gasteiger partial charge in [0, 0.05) is 24.8 Å². The Morgan fingerprint density at radius 1 is 1.30 bits per heavy atom. The molecule has 0 bridgehead atoms. The first-order chi connectivity index (χ1) is 9.49. The highest BCUT2D eigenvalue weighted by Gasteiger charge is 2.30. The summed E-state index contributed by atoms with van der Waals surface area (Å²) in [4.78, 5) is 2.71. The number of anilines is 1. The molecule has 2 N–H and O–H groups in total. The molecular weight excluding hydrogens is 272 g/mol. The monoisotopic (exact) mass is 296 g/mol. The van der Waals surface area contributed by atoms with Gasteiger partial charge in [0.15, 0.2) is 9.84 Å². The van der Waals surface area contributed by atoms with Gasteiger partial charge >= 0.3 is 0 Å². The van der Waals surface area contributed by atoms with Crippen LogP contribution in [0.3, 0.4) is 0 Å². The minimum atomic E-state index is -3.12. The maximum Gasteiger partial charge on any atom is 0.178 e. The maximum atomic E-state index is 12.0. The van der Waals surface area contributed by atoms with E-state index in [2.05, 4.69) is 11.8 Å². The van der Waals surface area contributed by atoms with Crippen molar-refractivity contribution >= 4 is 15.5 Å². The second kappa shape index (κ2) is 6.14. The van der Waals surface area contributed by atoms with Crippen molar-refractivity contribution in [2.45, 2.75) is 37.6 Å². The number of benzene rings is 1. The Bertz CT molecular complexity index is 539. The third kappa shape index (κ3) is 2.99. The van der Waals surface area contributed by atoms with Crippen LogP contribution in [0.2, 0.25) is 0 Å². The minimum absolute atomic E-state index is 0.207. The molecule has 1 aromatic rings. The highest BCUT2D eigenvalue weighted by atomic mass is 32.2. The topological polar surface area (TPSA) is 63.4 Å². The van der Waals surface area contributed by atoms with Crippen molar-refractivity contribution < 1.29 is 8.42 Å². The molecule has 0 spiro atoms. The minimum Gasteiger partial charge on any atom is -0.367 e. The fourth-order valence-corrected chi connectivity index (χ4v) is 4.24. The zero-order valence-electron chi connectivity index (χ0n) is 12.2. The fourth-order valence-electron chi connectivity index (χ4n) is 2.92. The summed E-state index contributed by atoms with van der Waals surface area (Å²) in [6.07, 6.45) is 1.78. The lowest BCUT2D eigenvalue weighted by molar-refractivity contribution is 0.519. The summed E-state index contributed by atoms with van der Waals surface area (Å²) < 4.78 is 24.0. The van der Waals surface area contributed by atoms with Crippen LogP contribution < -0.4 is 10.6 Å². The van der Waals surface area contributed by atoms with Gasteiger partial charge < -0.3 is 10.6 Å². The number of nitrogens with two attached hydrogens (primary N) is 1. The molecular formula is C15H24N2O2S. The van der Waals surface area contributed by atoms with Crippen molar-refractivity contribution in [2.75, 3.05) is 23.7 Å². The third-order valence-electron chi connectivity index (χ3n) is 4.12. The van der Waals surface area contributed by atoms with Crippen LogP contribution in [0.15, 0.2) is 29.2 Å². The van der Waals surface area contributed by atoms with Crippen LogP contribution in [0.5, 0.6) is 0 Å². The summed E-state index contributed by atoms with van der Waals surface area (Å²) in [5.41, 5.74) is 6.92. The normalized spacial score (nSPS) is 23.2. The van der Waals surface area contributed by atoms with Crippen LogP contribution in [0, 0.1) is 5.92 Å². The second-order valence-corrected chi connectivity index (χ2v) is 7.68. The fraction of sp³-hybridized carbons (Fsp3) is 0.600. The van der Waals surface area contributed by atoms with Crippen molar-refractivity contribution in [3.63, 3.8) is 0 Å². The third-order valence-corrected chi connectivity index (χ3v) is 6.06. The van der Waals surface area contributed by atoms with Gasteiger partial charge in [-0.2, -0.15) is 0 Å². The van der Waals surface area contributed by atoms with Gasteiger partial charge in [-0.05, 0) is 43.0 Å². The van der Waals surface area contributed by atoms with Crippen LogP contribution in [0.4, 0.5) is 5.69 Å². The van der Waals surface area contributed by atoms with Crippen LogP contribution in [0.1, 0.15) is 26.7 Å². The lowest BCUT2D eigenvalue weighted by Crippen LogP contribution is -2.38. The van der Waals surface area contributed by atoms with Crippen molar-refractivity contribution in [1.29, 1.82) is 0 Å². The Morgan fingerprint density at radius 2 is 1.95 bits per heavy atom. The molecule has 1 aliphatic rings. The summed E-state index contributed by atoms with van der Waals surface area (Å²) >= 11 is 0. The molecule has 2 atom stereocenters. The highest BCUT2D eigenvalue weighted by molar-refractivity contribution is 7.91. The smallest absolute Gasteiger partial charge is 0.178 e. The Labute approximate surface area is 121 Å². The summed E-state index contributed by atoms with van der Waals surface area (Å²) in [6, 6.07) is 7.60. The van der Waals surface area contributed by atoms with Gasteiger partial charge in [-0.1, -0.05) is 13.8 Å². The Balaban J connectivity index is 2.21. The van der Waals surface area contributed by atoms with E-state index in [0.717, 1.165) is 18.7 Å². The number of sulfone groups is 1. The molecule has 112 valence electrons. The van der Waals surface area contributed by atoms with Crippen molar-refractivity contribution in [1.82, 2.24) is 0 Å². The molecule has 20 heavy (non-hydrogen) atoms. The molecule has 1 aromatic carbocycles. The summed E-state index contributed by atoms with van der Waals surface area (Å²) in [6.45, 7) is 5.72. The summed E-state index contributed by atoms with van der Waals surface area (Å²) in [7, 11) is -3.12. The van der Waals surface area contributed by atoms with E-state index in [1.807, 2.05) is 19.1 Å². The molecule has 2 rings (SSSR count). The standard InChI is InChI=1S/C15H24N2O2S/c1-3-10-20(18,19)14-6-4-13(5-7-14)17-9-8-12(2)15(17)11-16/h4-7,12,15H,3,8-11,16H2,1-2H3. The molecule has 5 heteroatoms. The van der Waals surface area contributed by atoms with E-state index in [1.165, 1.54) is 0 Å². The van der Waals surface area contributed by atoms with E-state index in [9.17, 15) is 8.42 Å². The van der Waals surface area contributed by atoms with Crippen molar-refractivity contribution in [2.24, 2.45) is 11.7 Å². The molecule has 1 fully saturated rings. The number of hydrogen-bond donors (Lipinski definition) is 1. The van der Waals surface area contributed by atoms with Gasteiger partial charge in [0.1, 0.15) is 0 Å².